The van der Waals surface area contributed by atoms with Gasteiger partial charge in [0.05, 0.1) is 0 Å². The Morgan fingerprint density at radius 3 is 2.49 bits per heavy atom. The summed E-state index contributed by atoms with van der Waals surface area (Å²) in [7, 11) is 0. The lowest BCUT2D eigenvalue weighted by Gasteiger charge is -2.27. The number of carbonyl (C=O) groups excluding carboxylic acids is 3. The largest absolute Gasteiger partial charge is 0.348 e. The van der Waals surface area contributed by atoms with Crippen LogP contribution in [0.3, 0.4) is 0 Å². The molecule has 2 aliphatic rings. The molecule has 9 nitrogen and oxygen atoms in total. The van der Waals surface area contributed by atoms with Crippen LogP contribution in [0.1, 0.15) is 62.0 Å². The van der Waals surface area contributed by atoms with Crippen LogP contribution in [-0.4, -0.2) is 51.7 Å². The molecule has 2 aliphatic heterocycles. The second-order valence-corrected chi connectivity index (χ2v) is 11.0. The first-order valence-corrected chi connectivity index (χ1v) is 14.6. The van der Waals surface area contributed by atoms with Crippen LogP contribution in [0.5, 0.6) is 0 Å². The van der Waals surface area contributed by atoms with Crippen molar-refractivity contribution in [3.63, 3.8) is 0 Å². The van der Waals surface area contributed by atoms with E-state index in [-0.39, 0.29) is 36.2 Å². The van der Waals surface area contributed by atoms with E-state index in [1.165, 1.54) is 11.3 Å². The van der Waals surface area contributed by atoms with Crippen LogP contribution in [0.25, 0.3) is 0 Å². The molecule has 2 aromatic heterocycles. The van der Waals surface area contributed by atoms with E-state index in [9.17, 15) is 14.4 Å². The average Bonchev–Trinajstić information content (AvgIpc) is 3.65. The molecule has 43 heavy (non-hydrogen) atoms. The van der Waals surface area contributed by atoms with E-state index in [4.69, 9.17) is 0 Å². The van der Waals surface area contributed by atoms with Crippen molar-refractivity contribution in [1.82, 2.24) is 25.5 Å². The summed E-state index contributed by atoms with van der Waals surface area (Å²) in [6.07, 6.45) is 5.01. The van der Waals surface area contributed by atoms with E-state index in [1.807, 2.05) is 42.5 Å². The van der Waals surface area contributed by atoms with Crippen LogP contribution in [-0.2, 0) is 11.3 Å². The highest BCUT2D eigenvalue weighted by Gasteiger charge is 2.37. The number of anilines is 1. The van der Waals surface area contributed by atoms with E-state index in [2.05, 4.69) is 37.8 Å². The number of halogens is 1. The third kappa shape index (κ3) is 6.92. The Morgan fingerprint density at radius 2 is 1.77 bits per heavy atom. The number of hydrogen-bond acceptors (Lipinski definition) is 7. The summed E-state index contributed by atoms with van der Waals surface area (Å²) < 4.78 is 0. The molecule has 1 saturated heterocycles. The van der Waals surface area contributed by atoms with Crippen molar-refractivity contribution in [2.45, 2.75) is 31.5 Å². The summed E-state index contributed by atoms with van der Waals surface area (Å²) in [5.74, 6) is 5.43. The highest BCUT2D eigenvalue weighted by molar-refractivity contribution is 7.13. The standard InChI is InChI=1S/C32H28N6O3S.ClH/c39-29(36-25-12-14-33-15-13-25)27-11-9-22(19-35-27)7-6-21-8-10-24-20-38(31(41)26(24)18-21)28(23-4-2-1-3-5-23)30(40)37-32-34-16-17-42-32;/h1-5,8-11,16-19,25,28,33H,12-15,20H2,(H,36,39)(H,34,37,40);1H. The number of thiazole rings is 1. The maximum Gasteiger partial charge on any atom is 0.270 e. The zero-order chi connectivity index (χ0) is 28.9. The minimum absolute atomic E-state index is 0. The van der Waals surface area contributed by atoms with Crippen LogP contribution in [0, 0.1) is 11.8 Å². The molecule has 1 atom stereocenters. The van der Waals surface area contributed by atoms with Gasteiger partial charge in [-0.2, -0.15) is 0 Å². The third-order valence-corrected chi connectivity index (χ3v) is 7.99. The number of nitrogens with one attached hydrogen (secondary N) is 3. The number of pyridine rings is 1. The van der Waals surface area contributed by atoms with E-state index >= 15 is 0 Å². The fourth-order valence-electron chi connectivity index (χ4n) is 5.15. The second-order valence-electron chi connectivity index (χ2n) is 10.1. The van der Waals surface area contributed by atoms with E-state index in [0.29, 0.717) is 39.6 Å². The van der Waals surface area contributed by atoms with Gasteiger partial charge in [-0.1, -0.05) is 48.2 Å². The second kappa shape index (κ2) is 13.6. The maximum absolute atomic E-state index is 13.6. The Kier molecular flexibility index (Phi) is 9.47. The predicted octanol–water partition coefficient (Wildman–Crippen LogP) is 4.18. The van der Waals surface area contributed by atoms with Gasteiger partial charge in [0.15, 0.2) is 5.13 Å². The smallest absolute Gasteiger partial charge is 0.270 e. The van der Waals surface area contributed by atoms with Gasteiger partial charge in [-0.05, 0) is 61.3 Å². The van der Waals surface area contributed by atoms with Crippen LogP contribution in [0.15, 0.2) is 78.4 Å². The number of rotatable bonds is 6. The predicted molar refractivity (Wildman–Crippen MR) is 167 cm³/mol. The monoisotopic (exact) mass is 612 g/mol. The van der Waals surface area contributed by atoms with Gasteiger partial charge in [0.2, 0.25) is 0 Å². The Hall–Kier alpha value is -4.56. The molecule has 1 unspecified atom stereocenters. The van der Waals surface area contributed by atoms with Gasteiger partial charge in [-0.25, -0.2) is 9.97 Å². The first-order chi connectivity index (χ1) is 20.5. The lowest BCUT2D eigenvalue weighted by molar-refractivity contribution is -0.120. The fraction of sp³-hybridized carbons (Fsp3) is 0.219. The Balaban J connectivity index is 0.00000368. The molecule has 3 amide bonds. The molecule has 2 aromatic carbocycles. The van der Waals surface area contributed by atoms with Crippen LogP contribution >= 0.6 is 23.7 Å². The van der Waals surface area contributed by atoms with Crippen molar-refractivity contribution in [3.05, 3.63) is 112 Å². The summed E-state index contributed by atoms with van der Waals surface area (Å²) in [6, 6.07) is 17.5. The molecule has 218 valence electrons. The SMILES string of the molecule is Cl.O=C(NC1CCNCC1)c1ccc(C#Cc2ccc3c(c2)C(=O)N(C(C(=O)Nc2nccs2)c2ccccc2)C3)cn1. The molecule has 1 fully saturated rings. The number of nitrogens with zero attached hydrogens (tertiary/aromatic N) is 3. The zero-order valence-corrected chi connectivity index (χ0v) is 24.7. The highest BCUT2D eigenvalue weighted by atomic mass is 35.5. The average molecular weight is 613 g/mol. The van der Waals surface area contributed by atoms with Crippen molar-refractivity contribution in [2.24, 2.45) is 0 Å². The van der Waals surface area contributed by atoms with Gasteiger partial charge >= 0.3 is 0 Å². The maximum atomic E-state index is 13.6. The Labute approximate surface area is 259 Å². The Morgan fingerprint density at radius 1 is 1.00 bits per heavy atom. The number of carbonyl (C=O) groups is 3. The molecule has 0 aliphatic carbocycles. The number of aromatic nitrogens is 2. The lowest BCUT2D eigenvalue weighted by atomic mass is 10.0. The minimum Gasteiger partial charge on any atom is -0.348 e. The lowest BCUT2D eigenvalue weighted by Crippen LogP contribution is -2.42. The zero-order valence-electron chi connectivity index (χ0n) is 23.1. The van der Waals surface area contributed by atoms with Crippen molar-refractivity contribution in [2.75, 3.05) is 18.4 Å². The number of amides is 3. The molecule has 0 spiro atoms. The van der Waals surface area contributed by atoms with Crippen LogP contribution in [0.2, 0.25) is 0 Å². The van der Waals surface area contributed by atoms with Gasteiger partial charge in [0.1, 0.15) is 11.7 Å². The number of piperidine rings is 1. The quantitative estimate of drug-likeness (QED) is 0.281. The summed E-state index contributed by atoms with van der Waals surface area (Å²) in [5, 5.41) is 11.4. The summed E-state index contributed by atoms with van der Waals surface area (Å²) in [6.45, 7) is 2.10. The number of fused-ring (bicyclic) bond motifs is 1. The molecule has 4 aromatic rings. The molecule has 4 heterocycles. The summed E-state index contributed by atoms with van der Waals surface area (Å²) in [4.78, 5) is 49.6. The first kappa shape index (κ1) is 29.9. The number of hydrogen-bond donors (Lipinski definition) is 3. The number of benzene rings is 2. The Bertz CT molecular complexity index is 1660. The van der Waals surface area contributed by atoms with E-state index < -0.39 is 6.04 Å². The third-order valence-electron chi connectivity index (χ3n) is 7.30. The van der Waals surface area contributed by atoms with Crippen LogP contribution < -0.4 is 16.0 Å². The fourth-order valence-corrected chi connectivity index (χ4v) is 5.68. The van der Waals surface area contributed by atoms with Gasteiger partial charge in [0.25, 0.3) is 17.7 Å². The first-order valence-electron chi connectivity index (χ1n) is 13.7. The normalized spacial score (nSPS) is 15.0. The minimum atomic E-state index is -0.818. The molecular formula is C32H29ClN6O3S. The van der Waals surface area contributed by atoms with Crippen molar-refractivity contribution < 1.29 is 14.4 Å². The van der Waals surface area contributed by atoms with Crippen LogP contribution in [0.4, 0.5) is 5.13 Å². The molecule has 0 saturated carbocycles. The van der Waals surface area contributed by atoms with Gasteiger partial charge in [-0.15, -0.1) is 23.7 Å². The molecule has 11 heteroatoms. The van der Waals surface area contributed by atoms with Gasteiger partial charge in [0, 0.05) is 47.1 Å². The van der Waals surface area contributed by atoms with Gasteiger partial charge < -0.3 is 15.5 Å². The summed E-state index contributed by atoms with van der Waals surface area (Å²) in [5.41, 5.74) is 3.75. The summed E-state index contributed by atoms with van der Waals surface area (Å²) >= 11 is 1.32. The topological polar surface area (TPSA) is 116 Å². The highest BCUT2D eigenvalue weighted by Crippen LogP contribution is 2.33. The molecular weight excluding hydrogens is 584 g/mol. The molecule has 6 rings (SSSR count). The molecule has 3 N–H and O–H groups in total. The van der Waals surface area contributed by atoms with Gasteiger partial charge in [-0.3, -0.25) is 19.7 Å². The molecule has 0 bridgehead atoms. The van der Waals surface area contributed by atoms with Crippen molar-refractivity contribution in [1.29, 1.82) is 0 Å². The van der Waals surface area contributed by atoms with E-state index in [1.54, 1.807) is 40.9 Å². The van der Waals surface area contributed by atoms with E-state index in [0.717, 1.165) is 31.5 Å². The van der Waals surface area contributed by atoms with Crippen molar-refractivity contribution in [3.8, 4) is 11.8 Å². The molecule has 0 radical (unpaired) electrons. The van der Waals surface area contributed by atoms with Crippen molar-refractivity contribution >= 4 is 46.6 Å².